The Morgan fingerprint density at radius 2 is 1.77 bits per heavy atom. The zero-order valence-electron chi connectivity index (χ0n) is 7.09. The van der Waals surface area contributed by atoms with Gasteiger partial charge in [0.05, 0.1) is 5.10 Å². The SMILES string of the molecule is Cc1nnc2c(n1)nc(C)n[n+]2[O-]. The van der Waals surface area contributed by atoms with Gasteiger partial charge in [-0.25, -0.2) is 9.97 Å². The Balaban J connectivity index is 2.86. The summed E-state index contributed by atoms with van der Waals surface area (Å²) in [7, 11) is 0. The van der Waals surface area contributed by atoms with Crippen LogP contribution in [0.2, 0.25) is 0 Å². The summed E-state index contributed by atoms with van der Waals surface area (Å²) < 4.78 is 0. The van der Waals surface area contributed by atoms with E-state index in [0.29, 0.717) is 16.5 Å². The van der Waals surface area contributed by atoms with Crippen LogP contribution in [0.25, 0.3) is 11.3 Å². The van der Waals surface area contributed by atoms with Crippen LogP contribution in [0.3, 0.4) is 0 Å². The Bertz CT molecular complexity index is 465. The van der Waals surface area contributed by atoms with Crippen molar-refractivity contribution < 1.29 is 4.85 Å². The molecule has 0 aliphatic heterocycles. The van der Waals surface area contributed by atoms with Crippen molar-refractivity contribution in [1.29, 1.82) is 0 Å². The van der Waals surface area contributed by atoms with Gasteiger partial charge in [-0.2, -0.15) is 0 Å². The summed E-state index contributed by atoms with van der Waals surface area (Å²) in [6.45, 7) is 3.30. The zero-order chi connectivity index (χ0) is 9.42. The van der Waals surface area contributed by atoms with Crippen LogP contribution in [0, 0.1) is 19.1 Å². The summed E-state index contributed by atoms with van der Waals surface area (Å²) in [5.41, 5.74) is 0.311. The molecule has 2 aromatic heterocycles. The van der Waals surface area contributed by atoms with Gasteiger partial charge < -0.3 is 5.21 Å². The van der Waals surface area contributed by atoms with Crippen LogP contribution in [-0.2, 0) is 0 Å². The first kappa shape index (κ1) is 7.71. The van der Waals surface area contributed by atoms with Gasteiger partial charge in [0.15, 0.2) is 11.6 Å². The molecule has 0 bridgehead atoms. The van der Waals surface area contributed by atoms with Crippen molar-refractivity contribution in [3.8, 4) is 0 Å². The molecule has 0 radical (unpaired) electrons. The first-order valence-corrected chi connectivity index (χ1v) is 3.62. The molecular weight excluding hydrogens is 172 g/mol. The second-order valence-electron chi connectivity index (χ2n) is 2.54. The number of aryl methyl sites for hydroxylation is 2. The molecule has 0 fully saturated rings. The number of aromatic nitrogens is 6. The fourth-order valence-corrected chi connectivity index (χ4v) is 0.943. The highest BCUT2D eigenvalue weighted by Gasteiger charge is 2.11. The molecule has 66 valence electrons. The number of fused-ring (bicyclic) bond motifs is 1. The molecule has 2 rings (SSSR count). The van der Waals surface area contributed by atoms with Crippen LogP contribution in [0.5, 0.6) is 0 Å². The maximum Gasteiger partial charge on any atom is 0.419 e. The molecule has 7 nitrogen and oxygen atoms in total. The summed E-state index contributed by atoms with van der Waals surface area (Å²) in [6, 6.07) is 0. The molecule has 2 heterocycles. The van der Waals surface area contributed by atoms with Crippen molar-refractivity contribution in [2.24, 2.45) is 0 Å². The molecule has 2 aromatic rings. The standard InChI is InChI=1S/C6H6N6O/c1-3-7-5-6(10-9-3)12(13)11-4(2)8-5/h1-2H3. The number of hydrogen-bond donors (Lipinski definition) is 0. The highest BCUT2D eigenvalue weighted by Crippen LogP contribution is 1.97. The molecule has 0 atom stereocenters. The molecule has 0 aliphatic carbocycles. The lowest BCUT2D eigenvalue weighted by Gasteiger charge is -1.99. The van der Waals surface area contributed by atoms with Crippen LogP contribution < -0.4 is 4.85 Å². The van der Waals surface area contributed by atoms with Crippen LogP contribution in [0.1, 0.15) is 11.6 Å². The molecule has 0 spiro atoms. The van der Waals surface area contributed by atoms with Crippen LogP contribution in [0.4, 0.5) is 0 Å². The highest BCUT2D eigenvalue weighted by molar-refractivity contribution is 5.58. The minimum absolute atomic E-state index is 0.0381. The van der Waals surface area contributed by atoms with E-state index in [4.69, 9.17) is 0 Å². The topological polar surface area (TPSA) is 91.4 Å². The molecule has 0 aliphatic rings. The summed E-state index contributed by atoms with van der Waals surface area (Å²) in [5.74, 6) is 0.841. The van der Waals surface area contributed by atoms with Gasteiger partial charge in [-0.3, -0.25) is 0 Å². The second-order valence-corrected chi connectivity index (χ2v) is 2.54. The van der Waals surface area contributed by atoms with Crippen LogP contribution >= 0.6 is 0 Å². The summed E-state index contributed by atoms with van der Waals surface area (Å²) in [6.07, 6.45) is 0. The van der Waals surface area contributed by atoms with Crippen molar-refractivity contribution in [2.75, 3.05) is 0 Å². The second kappa shape index (κ2) is 2.54. The van der Waals surface area contributed by atoms with Gasteiger partial charge in [0.25, 0.3) is 5.65 Å². The van der Waals surface area contributed by atoms with Gasteiger partial charge in [0.2, 0.25) is 0 Å². The third-order valence-electron chi connectivity index (χ3n) is 1.44. The molecule has 0 aromatic carbocycles. The molecule has 0 N–H and O–H groups in total. The van der Waals surface area contributed by atoms with Crippen LogP contribution in [0.15, 0.2) is 0 Å². The average Bonchev–Trinajstić information content (AvgIpc) is 2.02. The first-order chi connectivity index (χ1) is 6.16. The van der Waals surface area contributed by atoms with Gasteiger partial charge in [0, 0.05) is 0 Å². The lowest BCUT2D eigenvalue weighted by atomic mass is 10.6. The van der Waals surface area contributed by atoms with Crippen molar-refractivity contribution >= 4 is 11.3 Å². The monoisotopic (exact) mass is 178 g/mol. The summed E-state index contributed by atoms with van der Waals surface area (Å²) in [5, 5.41) is 21.9. The maximum absolute atomic E-state index is 11.1. The minimum Gasteiger partial charge on any atom is -0.690 e. The summed E-state index contributed by atoms with van der Waals surface area (Å²) >= 11 is 0. The largest absolute Gasteiger partial charge is 0.690 e. The third-order valence-corrected chi connectivity index (χ3v) is 1.44. The lowest BCUT2D eigenvalue weighted by molar-refractivity contribution is -0.646. The van der Waals surface area contributed by atoms with E-state index in [0.717, 1.165) is 0 Å². The molecule has 0 saturated carbocycles. The van der Waals surface area contributed by atoms with Gasteiger partial charge in [0.1, 0.15) is 0 Å². The maximum atomic E-state index is 11.1. The van der Waals surface area contributed by atoms with Crippen molar-refractivity contribution in [2.45, 2.75) is 13.8 Å². The van der Waals surface area contributed by atoms with E-state index >= 15 is 0 Å². The predicted octanol–water partition coefficient (Wildman–Crippen LogP) is -0.935. The van der Waals surface area contributed by atoms with Crippen LogP contribution in [-0.4, -0.2) is 25.3 Å². The predicted molar refractivity (Wildman–Crippen MR) is 41.4 cm³/mol. The molecule has 7 heteroatoms. The highest BCUT2D eigenvalue weighted by atomic mass is 16.5. The Morgan fingerprint density at radius 1 is 1.08 bits per heavy atom. The van der Waals surface area contributed by atoms with Gasteiger partial charge in [-0.05, 0) is 18.9 Å². The quantitative estimate of drug-likeness (QED) is 0.382. The van der Waals surface area contributed by atoms with Crippen molar-refractivity contribution in [3.63, 3.8) is 0 Å². The minimum atomic E-state index is 0.0381. The average molecular weight is 178 g/mol. The Morgan fingerprint density at radius 3 is 2.54 bits per heavy atom. The van der Waals surface area contributed by atoms with E-state index in [-0.39, 0.29) is 11.3 Å². The number of nitrogens with zero attached hydrogens (tertiary/aromatic N) is 6. The lowest BCUT2D eigenvalue weighted by Crippen LogP contribution is -2.35. The Hall–Kier alpha value is -1.92. The number of rotatable bonds is 0. The van der Waals surface area contributed by atoms with Crippen molar-refractivity contribution in [3.05, 3.63) is 16.9 Å². The van der Waals surface area contributed by atoms with E-state index in [1.54, 1.807) is 13.8 Å². The van der Waals surface area contributed by atoms with Gasteiger partial charge in [-0.1, -0.05) is 5.10 Å². The van der Waals surface area contributed by atoms with E-state index in [1.807, 2.05) is 0 Å². The number of hydrogen-bond acceptors (Lipinski definition) is 6. The fourth-order valence-electron chi connectivity index (χ4n) is 0.943. The molecule has 0 amide bonds. The van der Waals surface area contributed by atoms with E-state index in [1.165, 1.54) is 0 Å². The van der Waals surface area contributed by atoms with Gasteiger partial charge >= 0.3 is 5.65 Å². The molecular formula is C6H6N6O. The molecule has 0 saturated heterocycles. The Labute approximate surface area is 73.1 Å². The van der Waals surface area contributed by atoms with E-state index < -0.39 is 0 Å². The first-order valence-electron chi connectivity index (χ1n) is 3.62. The normalized spacial score (nSPS) is 10.6. The van der Waals surface area contributed by atoms with Gasteiger partial charge in [-0.15, -0.1) is 4.85 Å². The van der Waals surface area contributed by atoms with E-state index in [9.17, 15) is 5.21 Å². The van der Waals surface area contributed by atoms with Crippen molar-refractivity contribution in [1.82, 2.24) is 25.3 Å². The summed E-state index contributed by atoms with van der Waals surface area (Å²) in [4.78, 5) is 8.28. The van der Waals surface area contributed by atoms with E-state index in [2.05, 4.69) is 25.3 Å². The fraction of sp³-hybridized carbons (Fsp3) is 0.333. The molecule has 13 heavy (non-hydrogen) atoms. The zero-order valence-corrected chi connectivity index (χ0v) is 7.09. The smallest absolute Gasteiger partial charge is 0.419 e. The third kappa shape index (κ3) is 1.24. The Kier molecular flexibility index (Phi) is 1.51. The molecule has 0 unspecified atom stereocenters.